The van der Waals surface area contributed by atoms with E-state index < -0.39 is 54.1 Å². The van der Waals surface area contributed by atoms with E-state index in [-0.39, 0.29) is 22.7 Å². The third kappa shape index (κ3) is 7.59. The molecule has 1 N–H and O–H groups in total. The van der Waals surface area contributed by atoms with Gasteiger partial charge in [-0.1, -0.05) is 48.9 Å². The van der Waals surface area contributed by atoms with Crippen molar-refractivity contribution in [2.45, 2.75) is 44.0 Å². The van der Waals surface area contributed by atoms with Crippen LogP contribution in [0.5, 0.6) is 5.75 Å². The molecule has 210 valence electrons. The van der Waals surface area contributed by atoms with Crippen molar-refractivity contribution in [3.63, 3.8) is 0 Å². The molecule has 0 spiro atoms. The number of nitrogens with zero attached hydrogens (tertiary/aromatic N) is 1. The number of hydrogen-bond acceptors (Lipinski definition) is 3. The molecule has 0 fully saturated rings. The number of halogens is 9. The molecule has 1 amide bonds. The fourth-order valence-corrected chi connectivity index (χ4v) is 3.92. The summed E-state index contributed by atoms with van der Waals surface area (Å²) in [5.41, 5.74) is -1.87. The van der Waals surface area contributed by atoms with E-state index in [1.807, 2.05) is 0 Å². The Hall–Kier alpha value is -3.41. The first-order valence-electron chi connectivity index (χ1n) is 11.3. The zero-order valence-electron chi connectivity index (χ0n) is 20.1. The minimum atomic E-state index is -4.99. The molecule has 39 heavy (non-hydrogen) atoms. The molecule has 2 atom stereocenters. The van der Waals surface area contributed by atoms with Gasteiger partial charge in [0.25, 0.3) is 0 Å². The van der Waals surface area contributed by atoms with Crippen molar-refractivity contribution in [1.29, 1.82) is 0 Å². The number of hydrogen-bond donors (Lipinski definition) is 1. The summed E-state index contributed by atoms with van der Waals surface area (Å²) in [5.74, 6) is -5.42. The summed E-state index contributed by atoms with van der Waals surface area (Å²) in [7, 11) is 0. The Morgan fingerprint density at radius 3 is 2.26 bits per heavy atom. The van der Waals surface area contributed by atoms with Crippen molar-refractivity contribution < 1.29 is 44.7 Å². The van der Waals surface area contributed by atoms with Crippen LogP contribution in [0.15, 0.2) is 66.9 Å². The lowest BCUT2D eigenvalue weighted by molar-refractivity contribution is -0.253. The van der Waals surface area contributed by atoms with E-state index in [1.54, 1.807) is 30.3 Å². The molecule has 1 heterocycles. The number of rotatable bonds is 10. The fourth-order valence-electron chi connectivity index (χ4n) is 3.80. The van der Waals surface area contributed by atoms with Gasteiger partial charge < -0.3 is 10.1 Å². The molecule has 1 aromatic heterocycles. The Balaban J connectivity index is 2.23. The average Bonchev–Trinajstić information content (AvgIpc) is 2.83. The number of benzene rings is 2. The predicted molar refractivity (Wildman–Crippen MR) is 126 cm³/mol. The van der Waals surface area contributed by atoms with Crippen LogP contribution in [0.3, 0.4) is 0 Å². The van der Waals surface area contributed by atoms with Gasteiger partial charge in [-0.05, 0) is 35.4 Å². The first-order chi connectivity index (χ1) is 18.1. The minimum Gasteiger partial charge on any atom is -0.428 e. The summed E-state index contributed by atoms with van der Waals surface area (Å²) in [5, 5.41) is 2.61. The maximum Gasteiger partial charge on any atom is 0.461 e. The summed E-state index contributed by atoms with van der Waals surface area (Å²) in [6, 6.07) is 12.7. The molecule has 4 nitrogen and oxygen atoms in total. The highest BCUT2D eigenvalue weighted by atomic mass is 35.5. The molecule has 13 heteroatoms. The second-order valence-corrected chi connectivity index (χ2v) is 9.20. The highest BCUT2D eigenvalue weighted by Gasteiger charge is 2.45. The average molecular weight is 581 g/mol. The van der Waals surface area contributed by atoms with Gasteiger partial charge in [-0.15, -0.1) is 0 Å². The van der Waals surface area contributed by atoms with Crippen LogP contribution in [-0.4, -0.2) is 29.6 Å². The zero-order chi connectivity index (χ0) is 29.0. The van der Waals surface area contributed by atoms with E-state index in [9.17, 15) is 39.9 Å². The molecule has 0 saturated heterocycles. The number of ether oxygens (including phenoxy) is 1. The monoisotopic (exact) mass is 580 g/mol. The van der Waals surface area contributed by atoms with Gasteiger partial charge in [0.15, 0.2) is 0 Å². The predicted octanol–water partition coefficient (Wildman–Crippen LogP) is 7.30. The van der Waals surface area contributed by atoms with Crippen LogP contribution in [0.2, 0.25) is 5.02 Å². The van der Waals surface area contributed by atoms with E-state index in [0.717, 1.165) is 25.3 Å². The topological polar surface area (TPSA) is 51.2 Å². The Kier molecular flexibility index (Phi) is 9.09. The molecular weight excluding hydrogens is 560 g/mol. The van der Waals surface area contributed by atoms with Crippen molar-refractivity contribution in [2.24, 2.45) is 5.92 Å². The molecule has 0 aliphatic rings. The maximum absolute atomic E-state index is 14.7. The zero-order valence-corrected chi connectivity index (χ0v) is 20.8. The van der Waals surface area contributed by atoms with Gasteiger partial charge >= 0.3 is 18.7 Å². The van der Waals surface area contributed by atoms with Crippen LogP contribution < -0.4 is 10.1 Å². The van der Waals surface area contributed by atoms with E-state index >= 15 is 0 Å². The molecule has 2 aromatic carbocycles. The molecule has 0 aliphatic heterocycles. The summed E-state index contributed by atoms with van der Waals surface area (Å²) < 4.78 is 111. The third-order valence-electron chi connectivity index (χ3n) is 5.75. The first-order valence-corrected chi connectivity index (χ1v) is 11.7. The summed E-state index contributed by atoms with van der Waals surface area (Å²) in [6.07, 6.45) is -14.1. The van der Waals surface area contributed by atoms with Crippen LogP contribution in [0.1, 0.15) is 30.2 Å². The van der Waals surface area contributed by atoms with E-state index in [1.165, 1.54) is 12.1 Å². The second kappa shape index (κ2) is 11.8. The Bertz CT molecular complexity index is 1270. The Morgan fingerprint density at radius 2 is 1.69 bits per heavy atom. The SMILES string of the molecule is CC(CC(=O)NC(Cc1ccccc1)(c1cc(F)cc(OC(F)(F)C(F)F)c1)c1ccc(Cl)cn1)C(F)(F)F. The lowest BCUT2D eigenvalue weighted by Gasteiger charge is -2.36. The lowest BCUT2D eigenvalue weighted by atomic mass is 9.80. The van der Waals surface area contributed by atoms with E-state index in [4.69, 9.17) is 11.6 Å². The molecule has 2 unspecified atom stereocenters. The first kappa shape index (κ1) is 30.1. The maximum atomic E-state index is 14.7. The molecule has 0 aliphatic carbocycles. The largest absolute Gasteiger partial charge is 0.461 e. The molecule has 0 radical (unpaired) electrons. The van der Waals surface area contributed by atoms with Gasteiger partial charge in [-0.3, -0.25) is 9.78 Å². The fraction of sp³-hybridized carbons (Fsp3) is 0.308. The summed E-state index contributed by atoms with van der Waals surface area (Å²) in [4.78, 5) is 17.2. The number of aromatic nitrogens is 1. The number of nitrogens with one attached hydrogen (secondary N) is 1. The van der Waals surface area contributed by atoms with Crippen molar-refractivity contribution in [2.75, 3.05) is 0 Å². The smallest absolute Gasteiger partial charge is 0.428 e. The minimum absolute atomic E-state index is 0.0547. The van der Waals surface area contributed by atoms with Gasteiger partial charge in [-0.25, -0.2) is 4.39 Å². The molecule has 3 aromatic rings. The molecule has 0 saturated carbocycles. The van der Waals surface area contributed by atoms with Crippen molar-refractivity contribution in [3.8, 4) is 5.75 Å². The molecule has 0 bridgehead atoms. The van der Waals surface area contributed by atoms with E-state index in [0.29, 0.717) is 11.6 Å². The number of pyridine rings is 1. The van der Waals surface area contributed by atoms with Gasteiger partial charge in [-0.2, -0.15) is 30.7 Å². The van der Waals surface area contributed by atoms with Gasteiger partial charge in [0.2, 0.25) is 5.91 Å². The van der Waals surface area contributed by atoms with Crippen LogP contribution in [-0.2, 0) is 16.8 Å². The Morgan fingerprint density at radius 1 is 1.03 bits per heavy atom. The number of alkyl halides is 7. The van der Waals surface area contributed by atoms with Crippen LogP contribution >= 0.6 is 11.6 Å². The van der Waals surface area contributed by atoms with Crippen molar-refractivity contribution in [3.05, 3.63) is 94.5 Å². The number of carbonyl (C=O) groups excluding carboxylic acids is 1. The van der Waals surface area contributed by atoms with Crippen LogP contribution in [0, 0.1) is 11.7 Å². The lowest BCUT2D eigenvalue weighted by Crippen LogP contribution is -2.50. The Labute approximate surface area is 223 Å². The van der Waals surface area contributed by atoms with E-state index in [2.05, 4.69) is 15.0 Å². The van der Waals surface area contributed by atoms with Crippen molar-refractivity contribution in [1.82, 2.24) is 10.3 Å². The van der Waals surface area contributed by atoms with Gasteiger partial charge in [0.1, 0.15) is 17.1 Å². The second-order valence-electron chi connectivity index (χ2n) is 8.76. The highest BCUT2D eigenvalue weighted by Crippen LogP contribution is 2.38. The standard InChI is InChI=1S/C26H21ClF8N2O2/c1-15(25(31,32)33)9-22(38)37-24(13-16-5-3-2-4-6-16,21-8-7-18(27)14-36-21)17-10-19(28)12-20(11-17)39-26(34,35)23(29)30/h2-8,10-12,14-15,23H,9,13H2,1H3,(H,37,38). The summed E-state index contributed by atoms with van der Waals surface area (Å²) in [6.45, 7) is 0.791. The normalized spacial score (nSPS) is 14.5. The third-order valence-corrected chi connectivity index (χ3v) is 5.98. The quantitative estimate of drug-likeness (QED) is 0.256. The number of amides is 1. The van der Waals surface area contributed by atoms with Crippen LogP contribution in [0.25, 0.3) is 0 Å². The van der Waals surface area contributed by atoms with Gasteiger partial charge in [0.05, 0.1) is 16.6 Å². The molecular formula is C26H21ClF8N2O2. The van der Waals surface area contributed by atoms with Crippen molar-refractivity contribution >= 4 is 17.5 Å². The van der Waals surface area contributed by atoms with Crippen LogP contribution in [0.4, 0.5) is 35.1 Å². The molecule has 3 rings (SSSR count). The summed E-state index contributed by atoms with van der Waals surface area (Å²) >= 11 is 5.94. The number of carbonyl (C=O) groups is 1. The highest BCUT2D eigenvalue weighted by molar-refractivity contribution is 6.30. The van der Waals surface area contributed by atoms with Gasteiger partial charge in [0, 0.05) is 25.1 Å².